The minimum absolute atomic E-state index is 0.361. The van der Waals surface area contributed by atoms with Gasteiger partial charge in [0, 0.05) is 23.7 Å². The standard InChI is InChI=1S/C14H19N3S/c1-2-6-14(7-3-1)11-18-13(17-14)16-10-12-4-8-15-9-5-12/h4-5,8-9H,1-3,6-7,10-11H2,(H,16,17). The Kier molecular flexibility index (Phi) is 3.55. The van der Waals surface area contributed by atoms with Crippen molar-refractivity contribution in [3.05, 3.63) is 30.1 Å². The van der Waals surface area contributed by atoms with Crippen molar-refractivity contribution >= 4 is 16.9 Å². The average Bonchev–Trinajstić information content (AvgIpc) is 2.82. The van der Waals surface area contributed by atoms with Crippen LogP contribution in [0.3, 0.4) is 0 Å². The zero-order valence-corrected chi connectivity index (χ0v) is 11.4. The predicted molar refractivity (Wildman–Crippen MR) is 76.8 cm³/mol. The Morgan fingerprint density at radius 2 is 2.00 bits per heavy atom. The van der Waals surface area contributed by atoms with Crippen molar-refractivity contribution in [2.45, 2.75) is 44.2 Å². The maximum Gasteiger partial charge on any atom is 0.157 e. The molecule has 2 aliphatic rings. The first-order valence-electron chi connectivity index (χ1n) is 6.71. The number of aromatic nitrogens is 1. The van der Waals surface area contributed by atoms with Crippen LogP contribution < -0.4 is 5.32 Å². The van der Waals surface area contributed by atoms with E-state index in [9.17, 15) is 0 Å². The van der Waals surface area contributed by atoms with Crippen molar-refractivity contribution in [1.29, 1.82) is 0 Å². The monoisotopic (exact) mass is 261 g/mol. The Morgan fingerprint density at radius 1 is 1.22 bits per heavy atom. The Morgan fingerprint density at radius 3 is 2.78 bits per heavy atom. The van der Waals surface area contributed by atoms with E-state index >= 15 is 0 Å². The summed E-state index contributed by atoms with van der Waals surface area (Å²) in [5, 5.41) is 4.81. The van der Waals surface area contributed by atoms with E-state index in [0.29, 0.717) is 5.54 Å². The number of nitrogens with one attached hydrogen (secondary N) is 1. The summed E-state index contributed by atoms with van der Waals surface area (Å²) in [6, 6.07) is 4.06. The molecule has 1 aliphatic carbocycles. The topological polar surface area (TPSA) is 37.3 Å². The van der Waals surface area contributed by atoms with Crippen molar-refractivity contribution in [2.24, 2.45) is 4.99 Å². The molecule has 0 unspecified atom stereocenters. The van der Waals surface area contributed by atoms with Crippen molar-refractivity contribution in [2.75, 3.05) is 5.75 Å². The molecule has 18 heavy (non-hydrogen) atoms. The molecular weight excluding hydrogens is 242 g/mol. The summed E-state index contributed by atoms with van der Waals surface area (Å²) >= 11 is 1.89. The Balaban J connectivity index is 1.61. The smallest absolute Gasteiger partial charge is 0.157 e. The fourth-order valence-electron chi connectivity index (χ4n) is 2.74. The van der Waals surface area contributed by atoms with E-state index in [2.05, 4.69) is 15.3 Å². The number of nitrogens with zero attached hydrogens (tertiary/aromatic N) is 2. The van der Waals surface area contributed by atoms with Crippen LogP contribution >= 0.6 is 11.8 Å². The van der Waals surface area contributed by atoms with Crippen LogP contribution in [-0.2, 0) is 6.54 Å². The minimum Gasteiger partial charge on any atom is -0.359 e. The third kappa shape index (κ3) is 2.69. The largest absolute Gasteiger partial charge is 0.359 e. The van der Waals surface area contributed by atoms with E-state index in [1.165, 1.54) is 43.4 Å². The summed E-state index contributed by atoms with van der Waals surface area (Å²) in [5.41, 5.74) is 1.59. The van der Waals surface area contributed by atoms with Gasteiger partial charge in [-0.05, 0) is 30.5 Å². The number of amidine groups is 1. The molecule has 3 rings (SSSR count). The van der Waals surface area contributed by atoms with Gasteiger partial charge in [-0.1, -0.05) is 31.0 Å². The highest BCUT2D eigenvalue weighted by atomic mass is 32.2. The van der Waals surface area contributed by atoms with Gasteiger partial charge in [-0.25, -0.2) is 0 Å². The Labute approximate surface area is 112 Å². The van der Waals surface area contributed by atoms with Crippen LogP contribution in [0.5, 0.6) is 0 Å². The summed E-state index contributed by atoms with van der Waals surface area (Å²) in [6.45, 7) is 0.758. The van der Waals surface area contributed by atoms with Gasteiger partial charge in [0.1, 0.15) is 0 Å². The number of thioether (sulfide) groups is 1. The molecule has 0 radical (unpaired) electrons. The van der Waals surface area contributed by atoms with Gasteiger partial charge in [-0.2, -0.15) is 0 Å². The van der Waals surface area contributed by atoms with Crippen molar-refractivity contribution in [3.8, 4) is 0 Å². The molecule has 1 saturated carbocycles. The molecule has 1 aliphatic heterocycles. The normalized spacial score (nSPS) is 24.3. The van der Waals surface area contributed by atoms with Crippen molar-refractivity contribution in [1.82, 2.24) is 10.3 Å². The fourth-order valence-corrected chi connectivity index (χ4v) is 3.96. The molecule has 1 spiro atoms. The quantitative estimate of drug-likeness (QED) is 0.889. The molecule has 96 valence electrons. The van der Waals surface area contributed by atoms with Gasteiger partial charge < -0.3 is 5.32 Å². The SMILES string of the molecule is c1cc(CN=C2NC3(CCCCC3)CS2)ccn1. The van der Waals surface area contributed by atoms with E-state index in [-0.39, 0.29) is 0 Å². The highest BCUT2D eigenvalue weighted by molar-refractivity contribution is 8.14. The molecule has 1 N–H and O–H groups in total. The van der Waals surface area contributed by atoms with Crippen LogP contribution in [0.4, 0.5) is 0 Å². The average molecular weight is 261 g/mol. The molecule has 3 nitrogen and oxygen atoms in total. The number of hydrogen-bond donors (Lipinski definition) is 1. The van der Waals surface area contributed by atoms with E-state index < -0.39 is 0 Å². The lowest BCUT2D eigenvalue weighted by atomic mass is 9.83. The van der Waals surface area contributed by atoms with Gasteiger partial charge in [-0.15, -0.1) is 0 Å². The molecule has 0 aromatic carbocycles. The van der Waals surface area contributed by atoms with Gasteiger partial charge in [-0.3, -0.25) is 9.98 Å². The van der Waals surface area contributed by atoms with Crippen LogP contribution in [0, 0.1) is 0 Å². The maximum absolute atomic E-state index is 4.68. The fraction of sp³-hybridized carbons (Fsp3) is 0.571. The lowest BCUT2D eigenvalue weighted by Crippen LogP contribution is -2.45. The second-order valence-corrected chi connectivity index (χ2v) is 6.20. The van der Waals surface area contributed by atoms with Crippen LogP contribution in [0.2, 0.25) is 0 Å². The molecule has 0 atom stereocenters. The molecule has 1 aromatic heterocycles. The third-order valence-corrected chi connectivity index (χ3v) is 5.02. The molecule has 1 aromatic rings. The first kappa shape index (κ1) is 12.0. The first-order chi connectivity index (χ1) is 8.86. The van der Waals surface area contributed by atoms with E-state index in [1.54, 1.807) is 0 Å². The van der Waals surface area contributed by atoms with Crippen LogP contribution in [0.15, 0.2) is 29.5 Å². The van der Waals surface area contributed by atoms with Gasteiger partial charge in [0.15, 0.2) is 5.17 Å². The Bertz CT molecular complexity index is 424. The zero-order chi connectivity index (χ0) is 12.3. The third-order valence-electron chi connectivity index (χ3n) is 3.82. The van der Waals surface area contributed by atoms with Crippen LogP contribution in [0.1, 0.15) is 37.7 Å². The number of pyridine rings is 1. The van der Waals surface area contributed by atoms with Gasteiger partial charge >= 0.3 is 0 Å². The summed E-state index contributed by atoms with van der Waals surface area (Å²) in [4.78, 5) is 8.71. The summed E-state index contributed by atoms with van der Waals surface area (Å²) in [5.74, 6) is 1.20. The second-order valence-electron chi connectivity index (χ2n) is 5.23. The lowest BCUT2D eigenvalue weighted by molar-refractivity contribution is 0.303. The number of rotatable bonds is 2. The van der Waals surface area contributed by atoms with Crippen LogP contribution in [0.25, 0.3) is 0 Å². The molecule has 1 saturated heterocycles. The summed E-state index contributed by atoms with van der Waals surface area (Å²) in [7, 11) is 0. The second kappa shape index (κ2) is 5.31. The minimum atomic E-state index is 0.361. The molecular formula is C14H19N3S. The summed E-state index contributed by atoms with van der Waals surface area (Å²) in [6.07, 6.45) is 10.4. The van der Waals surface area contributed by atoms with E-state index in [1.807, 2.05) is 36.3 Å². The van der Waals surface area contributed by atoms with Gasteiger partial charge in [0.05, 0.1) is 6.54 Å². The first-order valence-corrected chi connectivity index (χ1v) is 7.69. The maximum atomic E-state index is 4.68. The number of aliphatic imine (C=N–C) groups is 1. The van der Waals surface area contributed by atoms with Gasteiger partial charge in [0.2, 0.25) is 0 Å². The number of hydrogen-bond acceptors (Lipinski definition) is 3. The predicted octanol–water partition coefficient (Wildman–Crippen LogP) is 2.98. The highest BCUT2D eigenvalue weighted by Gasteiger charge is 2.37. The molecule has 2 heterocycles. The molecule has 0 bridgehead atoms. The zero-order valence-electron chi connectivity index (χ0n) is 10.6. The molecule has 2 fully saturated rings. The van der Waals surface area contributed by atoms with E-state index in [0.717, 1.165) is 11.7 Å². The lowest BCUT2D eigenvalue weighted by Gasteiger charge is -2.32. The molecule has 0 amide bonds. The Hall–Kier alpha value is -1.03. The molecule has 4 heteroatoms. The highest BCUT2D eigenvalue weighted by Crippen LogP contribution is 2.36. The van der Waals surface area contributed by atoms with Crippen molar-refractivity contribution in [3.63, 3.8) is 0 Å². The van der Waals surface area contributed by atoms with Crippen LogP contribution in [-0.4, -0.2) is 21.4 Å². The van der Waals surface area contributed by atoms with E-state index in [4.69, 9.17) is 0 Å². The van der Waals surface area contributed by atoms with Crippen molar-refractivity contribution < 1.29 is 0 Å². The summed E-state index contributed by atoms with van der Waals surface area (Å²) < 4.78 is 0. The van der Waals surface area contributed by atoms with Gasteiger partial charge in [0.25, 0.3) is 0 Å².